The number of nitrogens with one attached hydrogen (secondary N) is 1. The quantitative estimate of drug-likeness (QED) is 0.569. The molecule has 0 aromatic rings. The lowest BCUT2D eigenvalue weighted by molar-refractivity contribution is -0.139. The third-order valence-electron chi connectivity index (χ3n) is 3.30. The molecule has 1 rings (SSSR count). The van der Waals surface area contributed by atoms with E-state index >= 15 is 0 Å². The molecule has 0 spiro atoms. The Morgan fingerprint density at radius 2 is 1.95 bits per heavy atom. The summed E-state index contributed by atoms with van der Waals surface area (Å²) in [6.45, 7) is 5.75. The van der Waals surface area contributed by atoms with Gasteiger partial charge in [0.05, 0.1) is 19.2 Å². The first-order chi connectivity index (χ1) is 9.04. The predicted molar refractivity (Wildman–Crippen MR) is 70.0 cm³/mol. The van der Waals surface area contributed by atoms with Crippen molar-refractivity contribution < 1.29 is 19.4 Å². The highest BCUT2D eigenvalue weighted by Crippen LogP contribution is 2.06. The average Bonchev–Trinajstić information content (AvgIpc) is 2.38. The van der Waals surface area contributed by atoms with Crippen LogP contribution in [0.1, 0.15) is 6.92 Å². The number of hydrogen-bond donors (Lipinski definition) is 2. The highest BCUT2D eigenvalue weighted by molar-refractivity contribution is 5.81. The minimum absolute atomic E-state index is 0.0104. The van der Waals surface area contributed by atoms with Crippen LogP contribution in [-0.2, 0) is 14.3 Å². The van der Waals surface area contributed by atoms with E-state index in [0.29, 0.717) is 39.3 Å². The molecule has 1 fully saturated rings. The number of carboxylic acids is 1. The number of methoxy groups -OCH3 is 1. The second kappa shape index (κ2) is 8.08. The van der Waals surface area contributed by atoms with Crippen molar-refractivity contribution in [3.8, 4) is 0 Å². The Morgan fingerprint density at radius 1 is 1.32 bits per heavy atom. The summed E-state index contributed by atoms with van der Waals surface area (Å²) in [6.07, 6.45) is 0. The Labute approximate surface area is 113 Å². The smallest absolute Gasteiger partial charge is 0.317 e. The monoisotopic (exact) mass is 273 g/mol. The molecule has 1 saturated heterocycles. The Bertz CT molecular complexity index is 303. The van der Waals surface area contributed by atoms with Gasteiger partial charge in [-0.1, -0.05) is 0 Å². The number of nitrogens with zero attached hydrogens (tertiary/aromatic N) is 2. The lowest BCUT2D eigenvalue weighted by Crippen LogP contribution is -2.54. The molecule has 19 heavy (non-hydrogen) atoms. The number of carbonyl (C=O) groups is 2. The summed E-state index contributed by atoms with van der Waals surface area (Å²) in [5.41, 5.74) is 0. The van der Waals surface area contributed by atoms with Crippen LogP contribution in [-0.4, -0.2) is 85.8 Å². The molecule has 0 aliphatic carbocycles. The average molecular weight is 273 g/mol. The molecule has 0 saturated carbocycles. The number of aliphatic carboxylic acids is 1. The number of ether oxygens (including phenoxy) is 1. The zero-order valence-electron chi connectivity index (χ0n) is 11.6. The van der Waals surface area contributed by atoms with E-state index in [0.717, 1.165) is 0 Å². The summed E-state index contributed by atoms with van der Waals surface area (Å²) < 4.78 is 4.88. The molecule has 1 heterocycles. The molecule has 1 aliphatic rings. The van der Waals surface area contributed by atoms with Crippen LogP contribution >= 0.6 is 0 Å². The Hall–Kier alpha value is -1.18. The first-order valence-corrected chi connectivity index (χ1v) is 6.49. The molecular weight excluding hydrogens is 250 g/mol. The van der Waals surface area contributed by atoms with Crippen molar-refractivity contribution in [2.75, 3.05) is 53.0 Å². The van der Waals surface area contributed by atoms with Crippen LogP contribution in [0.5, 0.6) is 0 Å². The zero-order valence-corrected chi connectivity index (χ0v) is 11.6. The van der Waals surface area contributed by atoms with Crippen molar-refractivity contribution in [1.82, 2.24) is 15.1 Å². The highest BCUT2D eigenvalue weighted by Gasteiger charge is 2.25. The van der Waals surface area contributed by atoms with Crippen LogP contribution in [0, 0.1) is 0 Å². The molecule has 1 amide bonds. The summed E-state index contributed by atoms with van der Waals surface area (Å²) in [5, 5.41) is 11.5. The first kappa shape index (κ1) is 15.9. The molecule has 0 radical (unpaired) electrons. The van der Waals surface area contributed by atoms with E-state index in [1.165, 1.54) is 0 Å². The maximum atomic E-state index is 11.9. The van der Waals surface area contributed by atoms with Gasteiger partial charge in [-0.05, 0) is 6.92 Å². The Morgan fingerprint density at radius 3 is 2.47 bits per heavy atom. The zero-order chi connectivity index (χ0) is 14.3. The Balaban J connectivity index is 2.29. The first-order valence-electron chi connectivity index (χ1n) is 6.49. The molecule has 7 heteroatoms. The van der Waals surface area contributed by atoms with Crippen molar-refractivity contribution in [3.05, 3.63) is 0 Å². The fourth-order valence-electron chi connectivity index (χ4n) is 2.09. The van der Waals surface area contributed by atoms with Gasteiger partial charge in [0.1, 0.15) is 0 Å². The molecule has 110 valence electrons. The molecule has 7 nitrogen and oxygen atoms in total. The summed E-state index contributed by atoms with van der Waals surface area (Å²) in [6, 6.07) is -0.191. The molecule has 1 aliphatic heterocycles. The van der Waals surface area contributed by atoms with E-state index in [1.54, 1.807) is 7.11 Å². The minimum atomic E-state index is -0.807. The van der Waals surface area contributed by atoms with Crippen molar-refractivity contribution in [3.63, 3.8) is 0 Å². The van der Waals surface area contributed by atoms with Gasteiger partial charge in [-0.15, -0.1) is 0 Å². The standard InChI is InChI=1S/C12H23N3O4/c1-10(12(18)13-3-8-19-2)15-6-4-14(5-7-15)9-11(16)17/h10H,3-9H2,1-2H3,(H,13,18)(H,16,17). The van der Waals surface area contributed by atoms with E-state index in [9.17, 15) is 9.59 Å². The summed E-state index contributed by atoms with van der Waals surface area (Å²) in [7, 11) is 1.59. The lowest BCUT2D eigenvalue weighted by atomic mass is 10.2. The van der Waals surface area contributed by atoms with Crippen molar-refractivity contribution in [1.29, 1.82) is 0 Å². The molecule has 1 unspecified atom stereocenters. The maximum Gasteiger partial charge on any atom is 0.317 e. The third kappa shape index (κ3) is 5.54. The van der Waals surface area contributed by atoms with Crippen LogP contribution in [0.2, 0.25) is 0 Å². The van der Waals surface area contributed by atoms with Gasteiger partial charge in [0.15, 0.2) is 0 Å². The van der Waals surface area contributed by atoms with E-state index in [1.807, 2.05) is 11.8 Å². The number of carboxylic acid groups (broad SMARTS) is 1. The largest absolute Gasteiger partial charge is 0.480 e. The van der Waals surface area contributed by atoms with Crippen LogP contribution < -0.4 is 5.32 Å². The van der Waals surface area contributed by atoms with Crippen LogP contribution in [0.3, 0.4) is 0 Å². The number of hydrogen-bond acceptors (Lipinski definition) is 5. The van der Waals surface area contributed by atoms with Gasteiger partial charge in [-0.2, -0.15) is 0 Å². The van der Waals surface area contributed by atoms with Crippen molar-refractivity contribution in [2.24, 2.45) is 0 Å². The number of amides is 1. The number of carbonyl (C=O) groups excluding carboxylic acids is 1. The molecule has 0 aromatic carbocycles. The van der Waals surface area contributed by atoms with Gasteiger partial charge in [0.25, 0.3) is 0 Å². The third-order valence-corrected chi connectivity index (χ3v) is 3.30. The maximum absolute atomic E-state index is 11.9. The fraction of sp³-hybridized carbons (Fsp3) is 0.833. The minimum Gasteiger partial charge on any atom is -0.480 e. The van der Waals surface area contributed by atoms with E-state index in [-0.39, 0.29) is 18.5 Å². The van der Waals surface area contributed by atoms with Gasteiger partial charge in [0, 0.05) is 39.8 Å². The van der Waals surface area contributed by atoms with Crippen LogP contribution in [0.25, 0.3) is 0 Å². The van der Waals surface area contributed by atoms with Crippen molar-refractivity contribution in [2.45, 2.75) is 13.0 Å². The van der Waals surface area contributed by atoms with E-state index < -0.39 is 5.97 Å². The molecule has 0 aromatic heterocycles. The second-order valence-electron chi connectivity index (χ2n) is 4.67. The molecular formula is C12H23N3O4. The van der Waals surface area contributed by atoms with Gasteiger partial charge in [-0.25, -0.2) is 0 Å². The molecule has 1 atom stereocenters. The van der Waals surface area contributed by atoms with Gasteiger partial charge >= 0.3 is 5.97 Å². The Kier molecular flexibility index (Phi) is 6.75. The van der Waals surface area contributed by atoms with Gasteiger partial charge in [-0.3, -0.25) is 19.4 Å². The van der Waals surface area contributed by atoms with Crippen LogP contribution in [0.4, 0.5) is 0 Å². The number of piperazine rings is 1. The fourth-order valence-corrected chi connectivity index (χ4v) is 2.09. The molecule has 2 N–H and O–H groups in total. The summed E-state index contributed by atoms with van der Waals surface area (Å²) in [4.78, 5) is 26.4. The SMILES string of the molecule is COCCNC(=O)C(C)N1CCN(CC(=O)O)CC1. The normalized spacial score (nSPS) is 19.1. The van der Waals surface area contributed by atoms with E-state index in [2.05, 4.69) is 10.2 Å². The summed E-state index contributed by atoms with van der Waals surface area (Å²) in [5.74, 6) is -0.817. The van der Waals surface area contributed by atoms with Gasteiger partial charge in [0.2, 0.25) is 5.91 Å². The number of rotatable bonds is 7. The summed E-state index contributed by atoms with van der Waals surface area (Å²) >= 11 is 0. The van der Waals surface area contributed by atoms with Gasteiger partial charge < -0.3 is 15.2 Å². The van der Waals surface area contributed by atoms with Crippen molar-refractivity contribution >= 4 is 11.9 Å². The van der Waals surface area contributed by atoms with Crippen LogP contribution in [0.15, 0.2) is 0 Å². The second-order valence-corrected chi connectivity index (χ2v) is 4.67. The topological polar surface area (TPSA) is 82.1 Å². The predicted octanol–water partition coefficient (Wildman–Crippen LogP) is -1.16. The highest BCUT2D eigenvalue weighted by atomic mass is 16.5. The lowest BCUT2D eigenvalue weighted by Gasteiger charge is -2.36. The molecule has 0 bridgehead atoms. The van der Waals surface area contributed by atoms with E-state index in [4.69, 9.17) is 9.84 Å².